The first-order valence-corrected chi connectivity index (χ1v) is 11.1. The van der Waals surface area contributed by atoms with Gasteiger partial charge in [0.1, 0.15) is 6.54 Å². The van der Waals surface area contributed by atoms with Crippen molar-refractivity contribution in [3.05, 3.63) is 114 Å². The first-order chi connectivity index (χ1) is 16.2. The van der Waals surface area contributed by atoms with Crippen molar-refractivity contribution in [2.45, 2.75) is 26.6 Å². The molecule has 0 radical (unpaired) electrons. The summed E-state index contributed by atoms with van der Waals surface area (Å²) in [6.45, 7) is 3.67. The molecule has 3 aromatic carbocycles. The van der Waals surface area contributed by atoms with Gasteiger partial charge < -0.3 is 14.5 Å². The number of imidazole rings is 1. The van der Waals surface area contributed by atoms with Crippen LogP contribution in [0.5, 0.6) is 0 Å². The maximum atomic E-state index is 12.7. The molecule has 1 N–H and O–H groups in total. The zero-order chi connectivity index (χ0) is 22.6. The van der Waals surface area contributed by atoms with Gasteiger partial charge >= 0.3 is 0 Å². The summed E-state index contributed by atoms with van der Waals surface area (Å²) in [5.74, 6) is 0.00114. The molecule has 164 valence electrons. The van der Waals surface area contributed by atoms with Crippen LogP contribution in [-0.4, -0.2) is 20.0 Å². The highest BCUT2D eigenvalue weighted by Crippen LogP contribution is 2.25. The number of nitrogens with zero attached hydrogens (tertiary/aromatic N) is 3. The molecule has 1 amide bonds. The van der Waals surface area contributed by atoms with Crippen LogP contribution in [0.15, 0.2) is 97.7 Å². The molecule has 2 aromatic heterocycles. The predicted molar refractivity (Wildman–Crippen MR) is 132 cm³/mol. The van der Waals surface area contributed by atoms with Crippen molar-refractivity contribution < 1.29 is 4.79 Å². The Morgan fingerprint density at radius 1 is 0.970 bits per heavy atom. The summed E-state index contributed by atoms with van der Waals surface area (Å²) in [6.07, 6.45) is 7.62. The van der Waals surface area contributed by atoms with Crippen molar-refractivity contribution in [3.8, 4) is 11.1 Å². The van der Waals surface area contributed by atoms with Crippen LogP contribution < -0.4 is 5.32 Å². The van der Waals surface area contributed by atoms with Crippen molar-refractivity contribution in [2.75, 3.05) is 0 Å². The minimum atomic E-state index is 0.00114. The smallest absolute Gasteiger partial charge is 0.240 e. The van der Waals surface area contributed by atoms with Gasteiger partial charge in [-0.2, -0.15) is 0 Å². The largest absolute Gasteiger partial charge is 0.350 e. The van der Waals surface area contributed by atoms with Gasteiger partial charge in [-0.05, 0) is 40.8 Å². The van der Waals surface area contributed by atoms with Crippen LogP contribution in [0.2, 0.25) is 0 Å². The van der Waals surface area contributed by atoms with E-state index >= 15 is 0 Å². The Bertz CT molecular complexity index is 1380. The summed E-state index contributed by atoms with van der Waals surface area (Å²) in [6, 6.07) is 25.0. The third-order valence-electron chi connectivity index (χ3n) is 5.98. The van der Waals surface area contributed by atoms with Crippen LogP contribution >= 0.6 is 0 Å². The predicted octanol–water partition coefficient (Wildman–Crippen LogP) is 5.18. The van der Waals surface area contributed by atoms with E-state index in [1.807, 2.05) is 52.1 Å². The van der Waals surface area contributed by atoms with Gasteiger partial charge in [-0.3, -0.25) is 4.79 Å². The third-order valence-corrected chi connectivity index (χ3v) is 5.98. The second-order valence-electron chi connectivity index (χ2n) is 8.32. The van der Waals surface area contributed by atoms with Crippen LogP contribution in [0.3, 0.4) is 0 Å². The lowest BCUT2D eigenvalue weighted by Crippen LogP contribution is -2.27. The van der Waals surface area contributed by atoms with Gasteiger partial charge in [0, 0.05) is 42.6 Å². The quantitative estimate of drug-likeness (QED) is 0.384. The Balaban J connectivity index is 1.27. The zero-order valence-electron chi connectivity index (χ0n) is 18.6. The molecule has 0 saturated heterocycles. The van der Waals surface area contributed by atoms with Crippen LogP contribution in [0.25, 0.3) is 22.0 Å². The first kappa shape index (κ1) is 20.8. The van der Waals surface area contributed by atoms with E-state index in [0.717, 1.165) is 28.8 Å². The van der Waals surface area contributed by atoms with E-state index < -0.39 is 0 Å². The number of carbonyl (C=O) groups excluding carboxylic acids is 1. The Morgan fingerprint density at radius 2 is 1.76 bits per heavy atom. The van der Waals surface area contributed by atoms with Gasteiger partial charge in [-0.1, -0.05) is 66.7 Å². The molecule has 5 rings (SSSR count). The summed E-state index contributed by atoms with van der Waals surface area (Å²) >= 11 is 0. The van der Waals surface area contributed by atoms with Gasteiger partial charge in [0.15, 0.2) is 0 Å². The van der Waals surface area contributed by atoms with Crippen molar-refractivity contribution in [3.63, 3.8) is 0 Å². The molecule has 5 aromatic rings. The van der Waals surface area contributed by atoms with Crippen molar-refractivity contribution in [1.82, 2.24) is 19.4 Å². The maximum Gasteiger partial charge on any atom is 0.240 e. The summed E-state index contributed by atoms with van der Waals surface area (Å²) < 4.78 is 4.07. The molecule has 0 atom stereocenters. The number of aromatic nitrogens is 3. The number of nitrogens with one attached hydrogen (secondary N) is 1. The number of rotatable bonds is 7. The lowest BCUT2D eigenvalue weighted by atomic mass is 9.98. The number of amides is 1. The summed E-state index contributed by atoms with van der Waals surface area (Å²) in [4.78, 5) is 16.8. The van der Waals surface area contributed by atoms with Gasteiger partial charge in [-0.25, -0.2) is 4.98 Å². The molecule has 5 heteroatoms. The van der Waals surface area contributed by atoms with Crippen LogP contribution in [0.1, 0.15) is 16.7 Å². The monoisotopic (exact) mass is 434 g/mol. The third kappa shape index (κ3) is 4.58. The highest BCUT2D eigenvalue weighted by Gasteiger charge is 2.10. The lowest BCUT2D eigenvalue weighted by molar-refractivity contribution is -0.121. The number of hydrogen-bond acceptors (Lipinski definition) is 2. The van der Waals surface area contributed by atoms with E-state index in [1.165, 1.54) is 16.5 Å². The van der Waals surface area contributed by atoms with Gasteiger partial charge in [0.2, 0.25) is 5.91 Å². The molecule has 0 aliphatic rings. The highest BCUT2D eigenvalue weighted by atomic mass is 16.1. The molecule has 33 heavy (non-hydrogen) atoms. The van der Waals surface area contributed by atoms with E-state index in [0.29, 0.717) is 13.1 Å². The molecule has 0 saturated carbocycles. The number of carbonyl (C=O) groups is 1. The Labute approximate surface area is 193 Å². The number of para-hydroxylation sites is 1. The molecular weight excluding hydrogens is 408 g/mol. The van der Waals surface area contributed by atoms with E-state index in [9.17, 15) is 4.79 Å². The molecule has 0 unspecified atom stereocenters. The molecular formula is C28H26N4O. The topological polar surface area (TPSA) is 51.9 Å². The van der Waals surface area contributed by atoms with Crippen molar-refractivity contribution in [2.24, 2.45) is 0 Å². The minimum absolute atomic E-state index is 0.00114. The highest BCUT2D eigenvalue weighted by molar-refractivity contribution is 5.86. The SMILES string of the molecule is Cc1cn(CC(=O)NCc2ccccc2-c2ccc(Cn3ccnc3)cc2)c2ccccc12. The molecule has 0 fully saturated rings. The van der Waals surface area contributed by atoms with Crippen LogP contribution in [0.4, 0.5) is 0 Å². The van der Waals surface area contributed by atoms with Gasteiger partial charge in [0.05, 0.1) is 6.33 Å². The minimum Gasteiger partial charge on any atom is -0.350 e. The maximum absolute atomic E-state index is 12.7. The summed E-state index contributed by atoms with van der Waals surface area (Å²) in [5, 5.41) is 4.29. The molecule has 5 nitrogen and oxygen atoms in total. The fourth-order valence-corrected chi connectivity index (χ4v) is 4.30. The van der Waals surface area contributed by atoms with Crippen molar-refractivity contribution >= 4 is 16.8 Å². The lowest BCUT2D eigenvalue weighted by Gasteiger charge is -2.12. The van der Waals surface area contributed by atoms with Crippen LogP contribution in [0, 0.1) is 6.92 Å². The van der Waals surface area contributed by atoms with E-state index in [-0.39, 0.29) is 5.91 Å². The molecule has 2 heterocycles. The molecule has 0 bridgehead atoms. The number of aryl methyl sites for hydroxylation is 1. The molecule has 0 aliphatic carbocycles. The van der Waals surface area contributed by atoms with Gasteiger partial charge in [-0.15, -0.1) is 0 Å². The second kappa shape index (κ2) is 9.17. The average Bonchev–Trinajstić information content (AvgIpc) is 3.47. The average molecular weight is 435 g/mol. The zero-order valence-corrected chi connectivity index (χ0v) is 18.6. The summed E-state index contributed by atoms with van der Waals surface area (Å²) in [7, 11) is 0. The molecule has 0 aliphatic heterocycles. The van der Waals surface area contributed by atoms with Crippen molar-refractivity contribution in [1.29, 1.82) is 0 Å². The fraction of sp³-hybridized carbons (Fsp3) is 0.143. The standard InChI is InChI=1S/C28H26N4O/c1-21-17-32(27-9-5-4-7-25(21)27)19-28(33)30-16-24-6-2-3-8-26(24)23-12-10-22(11-13-23)18-31-15-14-29-20-31/h2-15,17,20H,16,18-19H2,1H3,(H,30,33). The Morgan fingerprint density at radius 3 is 2.58 bits per heavy atom. The first-order valence-electron chi connectivity index (χ1n) is 11.1. The molecule has 0 spiro atoms. The van der Waals surface area contributed by atoms with E-state index in [1.54, 1.807) is 6.20 Å². The fourth-order valence-electron chi connectivity index (χ4n) is 4.30. The number of fused-ring (bicyclic) bond motifs is 1. The Hall–Kier alpha value is -4.12. The number of hydrogen-bond donors (Lipinski definition) is 1. The normalized spacial score (nSPS) is 11.1. The van der Waals surface area contributed by atoms with E-state index in [4.69, 9.17) is 0 Å². The van der Waals surface area contributed by atoms with E-state index in [2.05, 4.69) is 65.8 Å². The number of benzene rings is 3. The van der Waals surface area contributed by atoms with Crippen LogP contribution in [-0.2, 0) is 24.4 Å². The summed E-state index contributed by atoms with van der Waals surface area (Å²) in [5.41, 5.74) is 6.86. The Kier molecular flexibility index (Phi) is 5.77. The second-order valence-corrected chi connectivity index (χ2v) is 8.32. The van der Waals surface area contributed by atoms with Gasteiger partial charge in [0.25, 0.3) is 0 Å².